The summed E-state index contributed by atoms with van der Waals surface area (Å²) >= 11 is 0. The molecule has 1 aliphatic rings. The largest absolute Gasteiger partial charge is 0.444 e. The molecule has 0 saturated carbocycles. The van der Waals surface area contributed by atoms with Gasteiger partial charge >= 0.3 is 6.09 Å². The number of aromatic amines is 1. The van der Waals surface area contributed by atoms with Crippen LogP contribution in [-0.2, 0) is 16.2 Å². The predicted octanol–water partition coefficient (Wildman–Crippen LogP) is 6.49. The van der Waals surface area contributed by atoms with Gasteiger partial charge in [0.05, 0.1) is 17.2 Å². The molecule has 1 amide bonds. The van der Waals surface area contributed by atoms with Crippen LogP contribution in [-0.4, -0.2) is 87.1 Å². The number of hydrogen-bond acceptors (Lipinski definition) is 8. The van der Waals surface area contributed by atoms with E-state index in [0.717, 1.165) is 59.3 Å². The van der Waals surface area contributed by atoms with Crippen LogP contribution in [0.2, 0.25) is 25.7 Å². The van der Waals surface area contributed by atoms with Crippen molar-refractivity contribution in [2.75, 3.05) is 38.1 Å². The average molecular weight is 619 g/mol. The molecule has 12 heteroatoms. The minimum Gasteiger partial charge on any atom is -0.444 e. The number of amides is 1. The van der Waals surface area contributed by atoms with Crippen LogP contribution in [0.15, 0.2) is 48.9 Å². The lowest BCUT2D eigenvalue weighted by Gasteiger charge is -2.38. The number of fused-ring (bicyclic) bond motifs is 1. The topological polar surface area (TPSA) is 113 Å². The predicted molar refractivity (Wildman–Crippen MR) is 177 cm³/mol. The molecule has 5 rings (SSSR count). The highest BCUT2D eigenvalue weighted by Gasteiger charge is 2.28. The molecular formula is C32H46N8O3Si. The van der Waals surface area contributed by atoms with Crippen LogP contribution >= 0.6 is 0 Å². The lowest BCUT2D eigenvalue weighted by atomic mass is 10.1. The Morgan fingerprint density at radius 3 is 2.59 bits per heavy atom. The van der Waals surface area contributed by atoms with Crippen LogP contribution < -0.4 is 5.32 Å². The zero-order valence-corrected chi connectivity index (χ0v) is 28.1. The number of piperazine rings is 1. The van der Waals surface area contributed by atoms with Gasteiger partial charge in [-0.05, 0) is 69.1 Å². The third kappa shape index (κ3) is 8.45. The molecule has 236 valence electrons. The van der Waals surface area contributed by atoms with E-state index in [1.807, 2.05) is 56.2 Å². The number of aromatic nitrogens is 5. The molecule has 0 spiro atoms. The molecule has 11 nitrogen and oxygen atoms in total. The quantitative estimate of drug-likeness (QED) is 0.153. The summed E-state index contributed by atoms with van der Waals surface area (Å²) in [5.74, 6) is 1.35. The number of benzene rings is 1. The number of carbonyl (C=O) groups excluding carboxylic acids is 1. The minimum atomic E-state index is -1.11. The first-order valence-corrected chi connectivity index (χ1v) is 19.1. The summed E-state index contributed by atoms with van der Waals surface area (Å²) < 4.78 is 13.2. The van der Waals surface area contributed by atoms with Crippen LogP contribution in [0.4, 0.5) is 16.6 Å². The van der Waals surface area contributed by atoms with Crippen molar-refractivity contribution in [2.45, 2.75) is 71.8 Å². The van der Waals surface area contributed by atoms with E-state index in [2.05, 4.69) is 70.0 Å². The SMILES string of the molecule is CC(c1ccnc(Nc2nc3ccc(-c4cnn(COCC[Si](C)(C)C)c4)cc3[nH]2)c1)N1CCN(C(=O)OC(C)(C)C)CC1. The number of nitrogens with zero attached hydrogens (tertiary/aromatic N) is 6. The fourth-order valence-corrected chi connectivity index (χ4v) is 5.85. The van der Waals surface area contributed by atoms with Gasteiger partial charge in [-0.15, -0.1) is 0 Å². The van der Waals surface area contributed by atoms with Gasteiger partial charge in [-0.3, -0.25) is 4.90 Å². The van der Waals surface area contributed by atoms with E-state index >= 15 is 0 Å². The Kier molecular flexibility index (Phi) is 9.42. The Morgan fingerprint density at radius 1 is 1.09 bits per heavy atom. The van der Waals surface area contributed by atoms with Gasteiger partial charge in [-0.1, -0.05) is 25.7 Å². The number of pyridine rings is 1. The number of carbonyl (C=O) groups is 1. The van der Waals surface area contributed by atoms with Crippen LogP contribution in [0, 0.1) is 0 Å². The average Bonchev–Trinajstić information content (AvgIpc) is 3.60. The van der Waals surface area contributed by atoms with Gasteiger partial charge in [0, 0.05) is 64.9 Å². The van der Waals surface area contributed by atoms with E-state index in [0.29, 0.717) is 25.8 Å². The smallest absolute Gasteiger partial charge is 0.410 e. The molecule has 1 atom stereocenters. The zero-order chi connectivity index (χ0) is 31.5. The highest BCUT2D eigenvalue weighted by molar-refractivity contribution is 6.76. The molecular weight excluding hydrogens is 572 g/mol. The van der Waals surface area contributed by atoms with E-state index < -0.39 is 13.7 Å². The number of H-pyrrole nitrogens is 1. The normalized spacial score (nSPS) is 15.5. The van der Waals surface area contributed by atoms with Crippen LogP contribution in [0.1, 0.15) is 39.3 Å². The highest BCUT2D eigenvalue weighted by atomic mass is 28.3. The molecule has 1 fully saturated rings. The summed E-state index contributed by atoms with van der Waals surface area (Å²) in [6.45, 7) is 19.0. The molecule has 4 heterocycles. The summed E-state index contributed by atoms with van der Waals surface area (Å²) in [5.41, 5.74) is 4.54. The maximum Gasteiger partial charge on any atom is 0.410 e. The zero-order valence-electron chi connectivity index (χ0n) is 27.1. The van der Waals surface area contributed by atoms with Crippen molar-refractivity contribution in [1.29, 1.82) is 0 Å². The maximum atomic E-state index is 12.5. The molecule has 0 bridgehead atoms. The summed E-state index contributed by atoms with van der Waals surface area (Å²) in [6, 6.07) is 11.6. The monoisotopic (exact) mass is 618 g/mol. The van der Waals surface area contributed by atoms with E-state index in [1.165, 1.54) is 0 Å². The first kappa shape index (κ1) is 31.7. The molecule has 2 N–H and O–H groups in total. The van der Waals surface area contributed by atoms with Gasteiger partial charge in [0.2, 0.25) is 5.95 Å². The van der Waals surface area contributed by atoms with Crippen molar-refractivity contribution < 1.29 is 14.3 Å². The second-order valence-corrected chi connectivity index (χ2v) is 19.3. The van der Waals surface area contributed by atoms with E-state index in [-0.39, 0.29) is 12.1 Å². The molecule has 3 aromatic heterocycles. The summed E-state index contributed by atoms with van der Waals surface area (Å²) in [7, 11) is -1.11. The van der Waals surface area contributed by atoms with Crippen molar-refractivity contribution >= 4 is 37.0 Å². The number of nitrogens with one attached hydrogen (secondary N) is 2. The number of rotatable bonds is 10. The fraction of sp³-hybridized carbons (Fsp3) is 0.500. The van der Waals surface area contributed by atoms with Gasteiger partial charge in [-0.25, -0.2) is 19.4 Å². The summed E-state index contributed by atoms with van der Waals surface area (Å²) in [4.78, 5) is 29.3. The number of imidazole rings is 1. The minimum absolute atomic E-state index is 0.171. The molecule has 1 unspecified atom stereocenters. The Labute approximate surface area is 261 Å². The first-order chi connectivity index (χ1) is 20.8. The maximum absolute atomic E-state index is 12.5. The molecule has 1 aromatic carbocycles. The lowest BCUT2D eigenvalue weighted by Crippen LogP contribution is -2.50. The summed E-state index contributed by atoms with van der Waals surface area (Å²) in [5, 5.41) is 7.82. The van der Waals surface area contributed by atoms with Gasteiger partial charge in [0.25, 0.3) is 0 Å². The molecule has 0 radical (unpaired) electrons. The molecule has 1 saturated heterocycles. The van der Waals surface area contributed by atoms with Gasteiger partial charge in [0.15, 0.2) is 0 Å². The van der Waals surface area contributed by atoms with Crippen molar-refractivity contribution in [2.24, 2.45) is 0 Å². The van der Waals surface area contributed by atoms with Crippen molar-refractivity contribution in [3.8, 4) is 11.1 Å². The standard InChI is InChI=1S/C32H46N8O3Si/c1-23(38-12-14-39(15-13-38)31(41)43-32(2,3)4)24-10-11-33-29(19-24)37-30-35-27-9-8-25(18-28(27)36-30)26-20-34-40(21-26)22-42-16-17-44(5,6)7/h8-11,18-21,23H,12-17,22H2,1-7H3,(H2,33,35,36,37). The second-order valence-electron chi connectivity index (χ2n) is 13.7. The molecule has 44 heavy (non-hydrogen) atoms. The molecule has 0 aliphatic carbocycles. The number of hydrogen-bond donors (Lipinski definition) is 2. The lowest BCUT2D eigenvalue weighted by molar-refractivity contribution is 0.0110. The molecule has 1 aliphatic heterocycles. The van der Waals surface area contributed by atoms with E-state index in [1.54, 1.807) is 4.90 Å². The third-order valence-corrected chi connectivity index (χ3v) is 9.40. The summed E-state index contributed by atoms with van der Waals surface area (Å²) in [6.07, 6.45) is 5.45. The Hall–Kier alpha value is -3.74. The third-order valence-electron chi connectivity index (χ3n) is 7.69. The number of ether oxygens (including phenoxy) is 2. The highest BCUT2D eigenvalue weighted by Crippen LogP contribution is 2.27. The molecule has 4 aromatic rings. The van der Waals surface area contributed by atoms with Crippen molar-refractivity contribution in [3.05, 3.63) is 54.5 Å². The van der Waals surface area contributed by atoms with Gasteiger partial charge in [-0.2, -0.15) is 5.10 Å². The van der Waals surface area contributed by atoms with Crippen LogP contribution in [0.3, 0.4) is 0 Å². The van der Waals surface area contributed by atoms with Gasteiger partial charge < -0.3 is 24.7 Å². The van der Waals surface area contributed by atoms with Gasteiger partial charge in [0.1, 0.15) is 18.1 Å². The second kappa shape index (κ2) is 13.1. The van der Waals surface area contributed by atoms with Crippen LogP contribution in [0.5, 0.6) is 0 Å². The first-order valence-electron chi connectivity index (χ1n) is 15.4. The van der Waals surface area contributed by atoms with Crippen molar-refractivity contribution in [3.63, 3.8) is 0 Å². The Bertz CT molecular complexity index is 1560. The van der Waals surface area contributed by atoms with Crippen LogP contribution in [0.25, 0.3) is 22.2 Å². The van der Waals surface area contributed by atoms with E-state index in [4.69, 9.17) is 14.5 Å². The fourth-order valence-electron chi connectivity index (χ4n) is 5.09. The van der Waals surface area contributed by atoms with E-state index in [9.17, 15) is 4.79 Å². The number of anilines is 2. The Morgan fingerprint density at radius 2 is 1.86 bits per heavy atom. The Balaban J connectivity index is 1.18. The van der Waals surface area contributed by atoms with Crippen molar-refractivity contribution in [1.82, 2.24) is 34.5 Å².